The molecule has 1 aliphatic heterocycles. The second-order valence-electron chi connectivity index (χ2n) is 4.59. The van der Waals surface area contributed by atoms with Gasteiger partial charge in [0, 0.05) is 24.3 Å². The third-order valence-electron chi connectivity index (χ3n) is 3.33. The fourth-order valence-electron chi connectivity index (χ4n) is 1.95. The van der Waals surface area contributed by atoms with Crippen LogP contribution in [-0.2, 0) is 21.2 Å². The molecule has 2 rings (SSSR count). The zero-order chi connectivity index (χ0) is 13.9. The van der Waals surface area contributed by atoms with E-state index in [9.17, 15) is 8.42 Å². The topological polar surface area (TPSA) is 55.4 Å². The Morgan fingerprint density at radius 1 is 1.47 bits per heavy atom. The molecule has 4 nitrogen and oxygen atoms in total. The van der Waals surface area contributed by atoms with Gasteiger partial charge in [-0.15, -0.1) is 11.3 Å². The normalized spacial score (nSPS) is 23.9. The number of ether oxygens (including phenoxy) is 1. The van der Waals surface area contributed by atoms with Crippen LogP contribution in [0.25, 0.3) is 0 Å². The van der Waals surface area contributed by atoms with Crippen LogP contribution < -0.4 is 4.72 Å². The number of thiophene rings is 1. The monoisotopic (exact) mass is 321 g/mol. The number of rotatable bonds is 6. The highest BCUT2D eigenvalue weighted by Gasteiger charge is 2.35. The van der Waals surface area contributed by atoms with E-state index in [0.29, 0.717) is 10.8 Å². The van der Waals surface area contributed by atoms with Crippen LogP contribution >= 0.6 is 23.1 Å². The molecular formula is C12H19NO3S3. The summed E-state index contributed by atoms with van der Waals surface area (Å²) in [7, 11) is -1.75. The lowest BCUT2D eigenvalue weighted by Crippen LogP contribution is -2.44. The summed E-state index contributed by atoms with van der Waals surface area (Å²) in [5.74, 6) is 1.87. The van der Waals surface area contributed by atoms with Crippen LogP contribution in [-0.4, -0.2) is 39.2 Å². The molecule has 1 saturated heterocycles. The summed E-state index contributed by atoms with van der Waals surface area (Å²) in [6, 6.07) is 3.55. The zero-order valence-corrected chi connectivity index (χ0v) is 13.6. The van der Waals surface area contributed by atoms with Crippen molar-refractivity contribution >= 4 is 33.1 Å². The lowest BCUT2D eigenvalue weighted by molar-refractivity contribution is 0.0179. The van der Waals surface area contributed by atoms with Crippen molar-refractivity contribution in [3.63, 3.8) is 0 Å². The Balaban J connectivity index is 2.05. The largest absolute Gasteiger partial charge is 0.376 e. The number of methoxy groups -OCH3 is 1. The predicted octanol–water partition coefficient (Wildman–Crippen LogP) is 2.11. The Morgan fingerprint density at radius 3 is 2.79 bits per heavy atom. The average molecular weight is 321 g/mol. The van der Waals surface area contributed by atoms with Gasteiger partial charge in [0.05, 0.1) is 5.60 Å². The summed E-state index contributed by atoms with van der Waals surface area (Å²) < 4.78 is 33.0. The van der Waals surface area contributed by atoms with Gasteiger partial charge >= 0.3 is 0 Å². The van der Waals surface area contributed by atoms with Crippen LogP contribution in [0.4, 0.5) is 0 Å². The van der Waals surface area contributed by atoms with Gasteiger partial charge < -0.3 is 4.74 Å². The summed E-state index contributed by atoms with van der Waals surface area (Å²) in [6.07, 6.45) is 1.75. The second-order valence-corrected chi connectivity index (χ2v) is 8.86. The maximum atomic E-state index is 12.2. The lowest BCUT2D eigenvalue weighted by atomic mass is 10.0. The molecule has 0 unspecified atom stereocenters. The molecule has 1 atom stereocenters. The smallest absolute Gasteiger partial charge is 0.250 e. The molecule has 0 radical (unpaired) electrons. The standard InChI is InChI=1S/C12H19NO3S3/c1-3-10-4-5-11(18-10)19(14,15)13-8-12(16-2)6-7-17-9-12/h4-5,13H,3,6-9H2,1-2H3/t12-/m1/s1. The lowest BCUT2D eigenvalue weighted by Gasteiger charge is -2.26. The van der Waals surface area contributed by atoms with Crippen molar-refractivity contribution in [2.45, 2.75) is 29.6 Å². The van der Waals surface area contributed by atoms with Gasteiger partial charge in [-0.1, -0.05) is 6.92 Å². The SMILES string of the molecule is CCc1ccc(S(=O)(=O)NC[C@]2(OC)CCSC2)s1. The van der Waals surface area contributed by atoms with Crippen LogP contribution in [0.5, 0.6) is 0 Å². The number of hydrogen-bond acceptors (Lipinski definition) is 5. The van der Waals surface area contributed by atoms with Crippen LogP contribution in [0.2, 0.25) is 0 Å². The van der Waals surface area contributed by atoms with E-state index in [4.69, 9.17) is 4.74 Å². The van der Waals surface area contributed by atoms with Gasteiger partial charge in [-0.25, -0.2) is 13.1 Å². The first-order chi connectivity index (χ1) is 9.01. The molecule has 19 heavy (non-hydrogen) atoms. The zero-order valence-electron chi connectivity index (χ0n) is 11.1. The molecule has 1 aromatic rings. The van der Waals surface area contributed by atoms with Gasteiger partial charge in [0.25, 0.3) is 0 Å². The summed E-state index contributed by atoms with van der Waals surface area (Å²) in [5, 5.41) is 0. The Bertz CT molecular complexity index is 518. The van der Waals surface area contributed by atoms with Crippen LogP contribution in [0.3, 0.4) is 0 Å². The molecule has 1 N–H and O–H groups in total. The minimum Gasteiger partial charge on any atom is -0.376 e. The third-order valence-corrected chi connectivity index (χ3v) is 7.68. The number of nitrogens with one attached hydrogen (secondary N) is 1. The molecule has 1 aliphatic rings. The van der Waals surface area contributed by atoms with Gasteiger partial charge in [-0.3, -0.25) is 0 Å². The molecule has 0 aromatic carbocycles. The van der Waals surface area contributed by atoms with Crippen molar-refractivity contribution in [3.05, 3.63) is 17.0 Å². The number of sulfonamides is 1. The summed E-state index contributed by atoms with van der Waals surface area (Å²) in [5.41, 5.74) is -0.345. The first-order valence-corrected chi connectivity index (χ1v) is 9.68. The van der Waals surface area contributed by atoms with E-state index in [1.54, 1.807) is 24.9 Å². The Kier molecular flexibility index (Phi) is 4.94. The van der Waals surface area contributed by atoms with E-state index in [1.807, 2.05) is 13.0 Å². The summed E-state index contributed by atoms with van der Waals surface area (Å²) >= 11 is 3.13. The maximum absolute atomic E-state index is 12.2. The fourth-order valence-corrected chi connectivity index (χ4v) is 5.80. The van der Waals surface area contributed by atoms with Gasteiger partial charge in [0.1, 0.15) is 4.21 Å². The minimum atomic E-state index is -3.41. The molecule has 2 heterocycles. The van der Waals surface area contributed by atoms with Crippen molar-refractivity contribution in [2.75, 3.05) is 25.2 Å². The average Bonchev–Trinajstić information content (AvgIpc) is 3.06. The fraction of sp³-hybridized carbons (Fsp3) is 0.667. The van der Waals surface area contributed by atoms with E-state index in [0.717, 1.165) is 29.2 Å². The molecule has 1 aromatic heterocycles. The second kappa shape index (κ2) is 6.13. The Morgan fingerprint density at radius 2 is 2.26 bits per heavy atom. The van der Waals surface area contributed by atoms with E-state index in [1.165, 1.54) is 11.3 Å². The van der Waals surface area contributed by atoms with E-state index in [2.05, 4.69) is 4.72 Å². The third kappa shape index (κ3) is 3.52. The molecular weight excluding hydrogens is 302 g/mol. The molecule has 0 bridgehead atoms. The molecule has 0 saturated carbocycles. The quantitative estimate of drug-likeness (QED) is 0.872. The highest BCUT2D eigenvalue weighted by atomic mass is 32.2. The van der Waals surface area contributed by atoms with Crippen molar-refractivity contribution < 1.29 is 13.2 Å². The van der Waals surface area contributed by atoms with Crippen molar-refractivity contribution in [1.29, 1.82) is 0 Å². The highest BCUT2D eigenvalue weighted by molar-refractivity contribution is 7.99. The first-order valence-electron chi connectivity index (χ1n) is 6.23. The minimum absolute atomic E-state index is 0.345. The predicted molar refractivity (Wildman–Crippen MR) is 80.6 cm³/mol. The number of thioether (sulfide) groups is 1. The Labute approximate surface area is 123 Å². The van der Waals surface area contributed by atoms with Crippen molar-refractivity contribution in [1.82, 2.24) is 4.72 Å². The maximum Gasteiger partial charge on any atom is 0.250 e. The van der Waals surface area contributed by atoms with E-state index < -0.39 is 10.0 Å². The first kappa shape index (κ1) is 15.3. The molecule has 7 heteroatoms. The number of hydrogen-bond donors (Lipinski definition) is 1. The Hall–Kier alpha value is -0.0800. The van der Waals surface area contributed by atoms with Gasteiger partial charge in [0.15, 0.2) is 0 Å². The van der Waals surface area contributed by atoms with Crippen LogP contribution in [0.1, 0.15) is 18.2 Å². The molecule has 108 valence electrons. The van der Waals surface area contributed by atoms with Gasteiger partial charge in [-0.2, -0.15) is 11.8 Å². The van der Waals surface area contributed by atoms with Crippen molar-refractivity contribution in [2.24, 2.45) is 0 Å². The summed E-state index contributed by atoms with van der Waals surface area (Å²) in [4.78, 5) is 1.08. The molecule has 1 fully saturated rings. The van der Waals surface area contributed by atoms with E-state index >= 15 is 0 Å². The van der Waals surface area contributed by atoms with Gasteiger partial charge in [0.2, 0.25) is 10.0 Å². The highest BCUT2D eigenvalue weighted by Crippen LogP contribution is 2.31. The molecule has 0 spiro atoms. The summed E-state index contributed by atoms with van der Waals surface area (Å²) in [6.45, 7) is 2.36. The van der Waals surface area contributed by atoms with Crippen molar-refractivity contribution in [3.8, 4) is 0 Å². The molecule has 0 amide bonds. The number of aryl methyl sites for hydroxylation is 1. The van der Waals surface area contributed by atoms with Crippen LogP contribution in [0, 0.1) is 0 Å². The molecule has 0 aliphatic carbocycles. The van der Waals surface area contributed by atoms with Gasteiger partial charge in [-0.05, 0) is 30.7 Å². The van der Waals surface area contributed by atoms with E-state index in [-0.39, 0.29) is 5.60 Å². The van der Waals surface area contributed by atoms with Crippen LogP contribution in [0.15, 0.2) is 16.3 Å².